The van der Waals surface area contributed by atoms with Crippen LogP contribution in [0.2, 0.25) is 0 Å². The van der Waals surface area contributed by atoms with Gasteiger partial charge in [0.05, 0.1) is 27.8 Å². The Balaban J connectivity index is 1.65. The first-order valence-corrected chi connectivity index (χ1v) is 12.1. The third-order valence-corrected chi connectivity index (χ3v) is 6.52. The molecule has 0 aliphatic rings. The Labute approximate surface area is 222 Å². The molecule has 0 spiro atoms. The molecule has 0 aliphatic heterocycles. The van der Waals surface area contributed by atoms with Gasteiger partial charge < -0.3 is 5.11 Å². The van der Waals surface area contributed by atoms with Crippen LogP contribution in [-0.2, 0) is 0 Å². The second-order valence-electron chi connectivity index (χ2n) is 9.29. The van der Waals surface area contributed by atoms with Crippen LogP contribution in [0, 0.1) is 20.8 Å². The van der Waals surface area contributed by atoms with E-state index in [1.54, 1.807) is 6.07 Å². The SMILES string of the molecule is [2H]c1nc(-c2cccc(-c3cc(C)cc4c3nc(-c3cc(C)cc(C)c3O)n4-c3ccccc3)c2)c([2H])c([2H])c1[2H]. The van der Waals surface area contributed by atoms with Gasteiger partial charge in [-0.25, -0.2) is 4.98 Å². The van der Waals surface area contributed by atoms with E-state index in [0.29, 0.717) is 17.0 Å². The summed E-state index contributed by atoms with van der Waals surface area (Å²) in [6.07, 6.45) is -0.330. The van der Waals surface area contributed by atoms with Gasteiger partial charge in [-0.1, -0.05) is 48.5 Å². The molecular weight excluding hydrogens is 454 g/mol. The fraction of sp³-hybridized carbons (Fsp3) is 0.0909. The van der Waals surface area contributed by atoms with Crippen LogP contribution in [0.25, 0.3) is 50.5 Å². The van der Waals surface area contributed by atoms with Crippen molar-refractivity contribution >= 4 is 11.0 Å². The number of fused-ring (bicyclic) bond motifs is 1. The number of hydrogen-bond donors (Lipinski definition) is 1. The molecule has 37 heavy (non-hydrogen) atoms. The average Bonchev–Trinajstić information content (AvgIpc) is 3.34. The molecule has 6 aromatic rings. The maximum Gasteiger partial charge on any atom is 0.149 e. The topological polar surface area (TPSA) is 50.9 Å². The quantitative estimate of drug-likeness (QED) is 0.275. The highest BCUT2D eigenvalue weighted by Gasteiger charge is 2.21. The van der Waals surface area contributed by atoms with Crippen LogP contribution in [0.1, 0.15) is 22.2 Å². The Bertz CT molecular complexity index is 1980. The third-order valence-electron chi connectivity index (χ3n) is 6.52. The van der Waals surface area contributed by atoms with E-state index in [1.807, 2.05) is 81.4 Å². The van der Waals surface area contributed by atoms with Crippen LogP contribution in [0.3, 0.4) is 0 Å². The van der Waals surface area contributed by atoms with Crippen molar-refractivity contribution in [2.45, 2.75) is 20.8 Å². The predicted octanol–water partition coefficient (Wildman–Crippen LogP) is 8.05. The first-order chi connectivity index (χ1) is 19.6. The van der Waals surface area contributed by atoms with E-state index in [0.717, 1.165) is 44.5 Å². The van der Waals surface area contributed by atoms with Gasteiger partial charge in [0, 0.05) is 23.0 Å². The number of phenols is 1. The van der Waals surface area contributed by atoms with Crippen LogP contribution in [0.4, 0.5) is 0 Å². The van der Waals surface area contributed by atoms with E-state index in [2.05, 4.69) is 21.7 Å². The van der Waals surface area contributed by atoms with Crippen molar-refractivity contribution in [1.82, 2.24) is 14.5 Å². The summed E-state index contributed by atoms with van der Waals surface area (Å²) in [4.78, 5) is 9.31. The molecule has 0 aliphatic carbocycles. The molecule has 2 heterocycles. The zero-order chi connectivity index (χ0) is 29.0. The molecule has 0 atom stereocenters. The summed E-state index contributed by atoms with van der Waals surface area (Å²) in [5, 5.41) is 11.1. The average molecular weight is 486 g/mol. The normalized spacial score (nSPS) is 12.7. The molecule has 4 heteroatoms. The maximum absolute atomic E-state index is 11.1. The van der Waals surface area contributed by atoms with Gasteiger partial charge in [-0.2, -0.15) is 0 Å². The van der Waals surface area contributed by atoms with Crippen LogP contribution >= 0.6 is 0 Å². The molecule has 2 aromatic heterocycles. The maximum atomic E-state index is 11.1. The second kappa shape index (κ2) is 9.07. The minimum atomic E-state index is -0.357. The highest BCUT2D eigenvalue weighted by molar-refractivity contribution is 5.97. The van der Waals surface area contributed by atoms with Gasteiger partial charge in [0.2, 0.25) is 0 Å². The number of para-hydroxylation sites is 1. The third kappa shape index (κ3) is 4.07. The lowest BCUT2D eigenvalue weighted by molar-refractivity contribution is 0.472. The molecule has 6 rings (SSSR count). The van der Waals surface area contributed by atoms with Gasteiger partial charge in [0.25, 0.3) is 0 Å². The Morgan fingerprint density at radius 3 is 2.38 bits per heavy atom. The van der Waals surface area contributed by atoms with Crippen molar-refractivity contribution in [3.8, 4) is 45.2 Å². The van der Waals surface area contributed by atoms with Gasteiger partial charge >= 0.3 is 0 Å². The molecule has 180 valence electrons. The minimum absolute atomic E-state index is 0.182. The van der Waals surface area contributed by atoms with Crippen molar-refractivity contribution in [2.75, 3.05) is 0 Å². The zero-order valence-electron chi connectivity index (χ0n) is 24.8. The van der Waals surface area contributed by atoms with Gasteiger partial charge in [-0.05, 0) is 91.5 Å². The number of pyridine rings is 1. The second-order valence-corrected chi connectivity index (χ2v) is 9.29. The van der Waals surface area contributed by atoms with Gasteiger partial charge in [0.1, 0.15) is 11.6 Å². The van der Waals surface area contributed by atoms with E-state index in [9.17, 15) is 5.11 Å². The summed E-state index contributed by atoms with van der Waals surface area (Å²) in [6.45, 7) is 5.91. The lowest BCUT2D eigenvalue weighted by atomic mass is 9.98. The number of benzene rings is 4. The molecule has 4 aromatic carbocycles. The van der Waals surface area contributed by atoms with Gasteiger partial charge in [0.15, 0.2) is 0 Å². The monoisotopic (exact) mass is 485 g/mol. The zero-order valence-corrected chi connectivity index (χ0v) is 20.8. The lowest BCUT2D eigenvalue weighted by Gasteiger charge is -2.13. The van der Waals surface area contributed by atoms with Crippen molar-refractivity contribution in [3.05, 3.63) is 120 Å². The number of imidazole rings is 1. The fourth-order valence-corrected chi connectivity index (χ4v) is 4.89. The van der Waals surface area contributed by atoms with Crippen molar-refractivity contribution < 1.29 is 10.6 Å². The molecule has 0 amide bonds. The van der Waals surface area contributed by atoms with E-state index in [4.69, 9.17) is 10.5 Å². The molecule has 0 radical (unpaired) electrons. The Hall–Kier alpha value is -4.70. The smallest absolute Gasteiger partial charge is 0.149 e. The van der Waals surface area contributed by atoms with Gasteiger partial charge in [-0.3, -0.25) is 9.55 Å². The molecule has 0 saturated carbocycles. The molecular formula is C33H27N3O. The summed E-state index contributed by atoms with van der Waals surface area (Å²) >= 11 is 0. The molecule has 1 N–H and O–H groups in total. The largest absolute Gasteiger partial charge is 0.507 e. The molecule has 4 nitrogen and oxygen atoms in total. The van der Waals surface area contributed by atoms with E-state index < -0.39 is 0 Å². The lowest BCUT2D eigenvalue weighted by Crippen LogP contribution is -1.98. The van der Waals surface area contributed by atoms with E-state index in [1.165, 1.54) is 0 Å². The standard InChI is InChI=1S/C33H27N3O/c1-21-16-23(3)32(37)28(18-21)33-35-31-27(24-10-9-11-25(20-24)29-14-7-8-15-34-29)17-22(2)19-30(31)36(33)26-12-5-4-6-13-26/h4-20,37H,1-3H3/i7D,8D,14D,15D. The Morgan fingerprint density at radius 2 is 1.54 bits per heavy atom. The number of rotatable bonds is 4. The minimum Gasteiger partial charge on any atom is -0.507 e. The fourth-order valence-electron chi connectivity index (χ4n) is 4.89. The van der Waals surface area contributed by atoms with Crippen LogP contribution < -0.4 is 0 Å². The van der Waals surface area contributed by atoms with Crippen molar-refractivity contribution in [2.24, 2.45) is 0 Å². The number of aromatic nitrogens is 3. The first kappa shape index (κ1) is 18.6. The Kier molecular flexibility index (Phi) is 4.55. The molecule has 0 bridgehead atoms. The van der Waals surface area contributed by atoms with Crippen molar-refractivity contribution in [1.29, 1.82) is 0 Å². The van der Waals surface area contributed by atoms with Gasteiger partial charge in [-0.15, -0.1) is 0 Å². The summed E-state index contributed by atoms with van der Waals surface area (Å²) in [6, 6.07) is 24.6. The number of aryl methyl sites for hydroxylation is 3. The summed E-state index contributed by atoms with van der Waals surface area (Å²) < 4.78 is 34.4. The molecule has 0 saturated heterocycles. The van der Waals surface area contributed by atoms with Crippen LogP contribution in [0.5, 0.6) is 5.75 Å². The Morgan fingerprint density at radius 1 is 0.784 bits per heavy atom. The summed E-state index contributed by atoms with van der Waals surface area (Å²) in [5.74, 6) is 0.810. The van der Waals surface area contributed by atoms with Crippen LogP contribution in [-0.4, -0.2) is 19.6 Å². The molecule has 0 fully saturated rings. The first-order valence-electron chi connectivity index (χ1n) is 14.1. The summed E-state index contributed by atoms with van der Waals surface area (Å²) in [7, 11) is 0. The van der Waals surface area contributed by atoms with Crippen molar-refractivity contribution in [3.63, 3.8) is 0 Å². The predicted molar refractivity (Wildman–Crippen MR) is 151 cm³/mol. The van der Waals surface area contributed by atoms with E-state index in [-0.39, 0.29) is 35.7 Å². The highest BCUT2D eigenvalue weighted by atomic mass is 16.3. The highest BCUT2D eigenvalue weighted by Crippen LogP contribution is 2.39. The summed E-state index contributed by atoms with van der Waals surface area (Å²) in [5.41, 5.74) is 8.46. The van der Waals surface area contributed by atoms with Crippen LogP contribution in [0.15, 0.2) is 103 Å². The number of aromatic hydroxyl groups is 1. The van der Waals surface area contributed by atoms with E-state index >= 15 is 0 Å². The number of hydrogen-bond acceptors (Lipinski definition) is 3. The number of phenolic OH excluding ortho intramolecular Hbond substituents is 1. The number of nitrogens with zero attached hydrogens (tertiary/aromatic N) is 3. The molecule has 0 unspecified atom stereocenters.